The third-order valence-corrected chi connectivity index (χ3v) is 2.41. The quantitative estimate of drug-likeness (QED) is 0.404. The van der Waals surface area contributed by atoms with Crippen LogP contribution in [0.2, 0.25) is 0 Å². The Hall–Kier alpha value is -0.740. The number of hydrogen-bond donors (Lipinski definition) is 0. The lowest BCUT2D eigenvalue weighted by Gasteiger charge is -2.12. The van der Waals surface area contributed by atoms with Crippen molar-refractivity contribution < 1.29 is 9.47 Å². The summed E-state index contributed by atoms with van der Waals surface area (Å²) in [6.45, 7) is 0.612. The van der Waals surface area contributed by atoms with Crippen LogP contribution >= 0.6 is 23.2 Å². The van der Waals surface area contributed by atoms with Crippen LogP contribution in [0.1, 0.15) is 12.8 Å². The summed E-state index contributed by atoms with van der Waals surface area (Å²) in [5.74, 6) is 0.921. The molecule has 0 N–H and O–H groups in total. The fourth-order valence-electron chi connectivity index (χ4n) is 1.07. The zero-order valence-electron chi connectivity index (χ0n) is 8.63. The first-order chi connectivity index (χ1) is 7.72. The van der Waals surface area contributed by atoms with Gasteiger partial charge in [-0.3, -0.25) is 9.59 Å². The molecule has 0 radical (unpaired) electrons. The first kappa shape index (κ1) is 13.3. The Bertz CT molecular complexity index is 358. The normalized spacial score (nSPS) is 10.6. The Morgan fingerprint density at radius 2 is 1.19 bits per heavy atom. The summed E-state index contributed by atoms with van der Waals surface area (Å²) < 4.78 is 10.2. The lowest BCUT2D eigenvalue weighted by molar-refractivity contribution is 0.257. The number of ether oxygens (including phenoxy) is 2. The fourth-order valence-corrected chi connectivity index (χ4v) is 1.29. The van der Waals surface area contributed by atoms with Gasteiger partial charge < -0.3 is 9.47 Å². The SMILES string of the molecule is O=c1c(OCCCCl)c(OCCCCl)c1=O. The van der Waals surface area contributed by atoms with E-state index in [4.69, 9.17) is 32.7 Å². The van der Waals surface area contributed by atoms with Crippen LogP contribution in [0.5, 0.6) is 11.5 Å². The van der Waals surface area contributed by atoms with E-state index in [1.54, 1.807) is 0 Å². The van der Waals surface area contributed by atoms with E-state index in [0.717, 1.165) is 0 Å². The highest BCUT2D eigenvalue weighted by atomic mass is 35.5. The molecule has 1 aromatic carbocycles. The van der Waals surface area contributed by atoms with Gasteiger partial charge in [0, 0.05) is 11.8 Å². The second-order valence-corrected chi connectivity index (χ2v) is 3.85. The van der Waals surface area contributed by atoms with Gasteiger partial charge >= 0.3 is 0 Å². The molecule has 4 nitrogen and oxygen atoms in total. The molecule has 0 heterocycles. The first-order valence-electron chi connectivity index (χ1n) is 4.93. The van der Waals surface area contributed by atoms with Crippen molar-refractivity contribution in [1.82, 2.24) is 0 Å². The average molecular weight is 267 g/mol. The van der Waals surface area contributed by atoms with Crippen molar-refractivity contribution in [3.05, 3.63) is 20.4 Å². The van der Waals surface area contributed by atoms with Gasteiger partial charge in [-0.25, -0.2) is 0 Å². The monoisotopic (exact) mass is 266 g/mol. The van der Waals surface area contributed by atoms with Crippen molar-refractivity contribution in [3.8, 4) is 11.5 Å². The molecule has 1 aromatic rings. The van der Waals surface area contributed by atoms with Crippen LogP contribution in [-0.2, 0) is 0 Å². The summed E-state index contributed by atoms with van der Waals surface area (Å²) in [4.78, 5) is 22.3. The predicted molar refractivity (Wildman–Crippen MR) is 63.0 cm³/mol. The van der Waals surface area contributed by atoms with Crippen molar-refractivity contribution in [2.75, 3.05) is 25.0 Å². The molecule has 0 aromatic heterocycles. The number of halogens is 2. The van der Waals surface area contributed by atoms with Crippen molar-refractivity contribution in [2.24, 2.45) is 0 Å². The Balaban J connectivity index is 2.52. The van der Waals surface area contributed by atoms with Crippen LogP contribution in [0.4, 0.5) is 0 Å². The summed E-state index contributed by atoms with van der Waals surface area (Å²) in [5, 5.41) is 0. The molecule has 0 aliphatic carbocycles. The number of alkyl halides is 2. The van der Waals surface area contributed by atoms with Gasteiger partial charge in [0.15, 0.2) is 0 Å². The standard InChI is InChI=1S/C10H12Cl2O4/c11-3-1-5-15-9-7(13)8(14)10(9)16-6-2-4-12/h1-6H2. The highest BCUT2D eigenvalue weighted by Crippen LogP contribution is 2.20. The first-order valence-corrected chi connectivity index (χ1v) is 6.00. The van der Waals surface area contributed by atoms with Crippen LogP contribution in [0.3, 0.4) is 0 Å². The molecule has 0 unspecified atom stereocenters. The molecule has 0 aliphatic heterocycles. The van der Waals surface area contributed by atoms with Crippen LogP contribution in [0, 0.1) is 0 Å². The van der Waals surface area contributed by atoms with E-state index in [-0.39, 0.29) is 11.5 Å². The second-order valence-electron chi connectivity index (χ2n) is 3.10. The van der Waals surface area contributed by atoms with E-state index in [1.165, 1.54) is 0 Å². The minimum Gasteiger partial charge on any atom is -0.486 e. The molecular weight excluding hydrogens is 255 g/mol. The van der Waals surface area contributed by atoms with E-state index < -0.39 is 10.9 Å². The smallest absolute Gasteiger partial charge is 0.275 e. The zero-order chi connectivity index (χ0) is 12.0. The Morgan fingerprint density at radius 3 is 1.50 bits per heavy atom. The van der Waals surface area contributed by atoms with Gasteiger partial charge in [0.1, 0.15) is 0 Å². The molecule has 0 bridgehead atoms. The van der Waals surface area contributed by atoms with E-state index >= 15 is 0 Å². The Kier molecular flexibility index (Phi) is 5.63. The summed E-state index contributed by atoms with van der Waals surface area (Å²) in [6.07, 6.45) is 1.23. The third kappa shape index (κ3) is 3.12. The van der Waals surface area contributed by atoms with Gasteiger partial charge in [-0.2, -0.15) is 0 Å². The number of hydrogen-bond acceptors (Lipinski definition) is 4. The molecule has 0 aliphatic rings. The van der Waals surface area contributed by atoms with Gasteiger partial charge in [0.2, 0.25) is 11.5 Å². The molecule has 16 heavy (non-hydrogen) atoms. The number of rotatable bonds is 8. The molecular formula is C10H12Cl2O4. The minimum atomic E-state index is -0.629. The summed E-state index contributed by atoms with van der Waals surface area (Å²) in [7, 11) is 0. The van der Waals surface area contributed by atoms with Gasteiger partial charge in [-0.05, 0) is 12.8 Å². The Labute approximate surface area is 103 Å². The molecule has 0 saturated carbocycles. The molecule has 0 spiro atoms. The molecule has 0 fully saturated rings. The van der Waals surface area contributed by atoms with E-state index in [0.29, 0.717) is 37.8 Å². The minimum absolute atomic E-state index is 0.0182. The van der Waals surface area contributed by atoms with E-state index in [9.17, 15) is 9.59 Å². The zero-order valence-corrected chi connectivity index (χ0v) is 10.1. The largest absolute Gasteiger partial charge is 0.486 e. The van der Waals surface area contributed by atoms with E-state index in [2.05, 4.69) is 0 Å². The molecule has 0 atom stereocenters. The lowest BCUT2D eigenvalue weighted by Crippen LogP contribution is -2.34. The van der Waals surface area contributed by atoms with Crippen LogP contribution in [0.25, 0.3) is 0 Å². The topological polar surface area (TPSA) is 52.6 Å². The van der Waals surface area contributed by atoms with Crippen LogP contribution in [0.15, 0.2) is 9.59 Å². The average Bonchev–Trinajstić information content (AvgIpc) is 2.31. The van der Waals surface area contributed by atoms with Gasteiger partial charge in [0.05, 0.1) is 13.2 Å². The molecule has 0 saturated heterocycles. The van der Waals surface area contributed by atoms with Crippen LogP contribution < -0.4 is 20.3 Å². The fraction of sp³-hybridized carbons (Fsp3) is 0.600. The molecule has 1 rings (SSSR count). The highest BCUT2D eigenvalue weighted by molar-refractivity contribution is 6.18. The predicted octanol–water partition coefficient (Wildman–Crippen LogP) is 1.30. The van der Waals surface area contributed by atoms with Crippen molar-refractivity contribution >= 4 is 23.2 Å². The van der Waals surface area contributed by atoms with Crippen molar-refractivity contribution in [3.63, 3.8) is 0 Å². The highest BCUT2D eigenvalue weighted by Gasteiger charge is 2.23. The lowest BCUT2D eigenvalue weighted by atomic mass is 10.2. The molecule has 6 heteroatoms. The maximum Gasteiger partial charge on any atom is 0.275 e. The molecule has 0 amide bonds. The summed E-state index contributed by atoms with van der Waals surface area (Å²) >= 11 is 10.9. The van der Waals surface area contributed by atoms with E-state index in [1.807, 2.05) is 0 Å². The molecule has 90 valence electrons. The van der Waals surface area contributed by atoms with Crippen molar-refractivity contribution in [1.29, 1.82) is 0 Å². The summed E-state index contributed by atoms with van der Waals surface area (Å²) in [6, 6.07) is 0. The third-order valence-electron chi connectivity index (χ3n) is 1.87. The van der Waals surface area contributed by atoms with Gasteiger partial charge in [0.25, 0.3) is 10.9 Å². The van der Waals surface area contributed by atoms with Crippen LogP contribution in [-0.4, -0.2) is 25.0 Å². The maximum atomic E-state index is 11.1. The second kappa shape index (κ2) is 6.76. The van der Waals surface area contributed by atoms with Crippen molar-refractivity contribution in [2.45, 2.75) is 12.8 Å². The maximum absolute atomic E-state index is 11.1. The summed E-state index contributed by atoms with van der Waals surface area (Å²) in [5.41, 5.74) is -1.26. The van der Waals surface area contributed by atoms with Gasteiger partial charge in [-0.1, -0.05) is 0 Å². The van der Waals surface area contributed by atoms with Gasteiger partial charge in [-0.15, -0.1) is 23.2 Å². The Morgan fingerprint density at radius 1 is 0.812 bits per heavy atom.